The number of carbonyl (C=O) groups is 2. The third-order valence-electron chi connectivity index (χ3n) is 5.84. The normalized spacial score (nSPS) is 12.5. The first kappa shape index (κ1) is 30.3. The van der Waals surface area contributed by atoms with E-state index in [0.717, 1.165) is 32.2 Å². The van der Waals surface area contributed by atoms with E-state index in [0.29, 0.717) is 0 Å². The number of anilines is 1. The lowest BCUT2D eigenvalue weighted by molar-refractivity contribution is -0.140. The molecule has 0 saturated heterocycles. The minimum absolute atomic E-state index is 0.0377. The summed E-state index contributed by atoms with van der Waals surface area (Å²) >= 11 is 3.40. The molecule has 10 heteroatoms. The van der Waals surface area contributed by atoms with Crippen molar-refractivity contribution in [3.8, 4) is 0 Å². The van der Waals surface area contributed by atoms with E-state index in [9.17, 15) is 22.4 Å². The minimum Gasteiger partial charge on any atom is -0.350 e. The van der Waals surface area contributed by atoms with Crippen molar-refractivity contribution in [2.75, 3.05) is 17.1 Å². The van der Waals surface area contributed by atoms with Crippen LogP contribution in [0, 0.1) is 5.82 Å². The van der Waals surface area contributed by atoms with Gasteiger partial charge in [0.15, 0.2) is 0 Å². The molecule has 3 rings (SSSR count). The van der Waals surface area contributed by atoms with Gasteiger partial charge in [-0.05, 0) is 56.2 Å². The molecule has 0 spiro atoms. The monoisotopic (exact) mass is 617 g/mol. The van der Waals surface area contributed by atoms with Crippen molar-refractivity contribution < 1.29 is 22.4 Å². The molecule has 0 radical (unpaired) electrons. The highest BCUT2D eigenvalue weighted by molar-refractivity contribution is 9.10. The van der Waals surface area contributed by atoms with Crippen molar-refractivity contribution in [1.29, 1.82) is 0 Å². The maximum absolute atomic E-state index is 14.7. The average molecular weight is 619 g/mol. The van der Waals surface area contributed by atoms with E-state index in [1.54, 1.807) is 0 Å². The zero-order valence-corrected chi connectivity index (χ0v) is 24.8. The van der Waals surface area contributed by atoms with Crippen molar-refractivity contribution >= 4 is 43.5 Å². The third kappa shape index (κ3) is 8.90. The largest absolute Gasteiger partial charge is 0.350 e. The quantitative estimate of drug-likeness (QED) is 0.350. The Balaban J connectivity index is 2.08. The highest BCUT2D eigenvalue weighted by Gasteiger charge is 2.34. The van der Waals surface area contributed by atoms with Gasteiger partial charge in [-0.25, -0.2) is 12.8 Å². The molecule has 7 nitrogen and oxygen atoms in total. The number of para-hydroxylation sites is 1. The number of sulfonamides is 1. The summed E-state index contributed by atoms with van der Waals surface area (Å²) in [5, 5.41) is 2.96. The number of carbonyl (C=O) groups excluding carboxylic acids is 2. The van der Waals surface area contributed by atoms with Crippen LogP contribution in [0.5, 0.6) is 0 Å². The van der Waals surface area contributed by atoms with Crippen LogP contribution in [0.1, 0.15) is 31.9 Å². The van der Waals surface area contributed by atoms with Crippen molar-refractivity contribution in [1.82, 2.24) is 10.2 Å². The summed E-state index contributed by atoms with van der Waals surface area (Å²) < 4.78 is 41.7. The van der Waals surface area contributed by atoms with Crippen LogP contribution in [0.4, 0.5) is 10.1 Å². The first-order chi connectivity index (χ1) is 18.2. The van der Waals surface area contributed by atoms with Crippen LogP contribution in [0.3, 0.4) is 0 Å². The van der Waals surface area contributed by atoms with Gasteiger partial charge in [-0.15, -0.1) is 0 Å². The maximum atomic E-state index is 14.7. The van der Waals surface area contributed by atoms with Crippen LogP contribution in [-0.2, 0) is 32.6 Å². The Hall–Kier alpha value is -3.24. The molecule has 2 amide bonds. The van der Waals surface area contributed by atoms with E-state index < -0.39 is 39.9 Å². The highest BCUT2D eigenvalue weighted by Crippen LogP contribution is 2.23. The lowest BCUT2D eigenvalue weighted by atomic mass is 10.0. The van der Waals surface area contributed by atoms with E-state index in [1.807, 2.05) is 75.4 Å². The molecule has 39 heavy (non-hydrogen) atoms. The Morgan fingerprint density at radius 3 is 2.08 bits per heavy atom. The molecule has 1 atom stereocenters. The Labute approximate surface area is 238 Å². The smallest absolute Gasteiger partial charge is 0.244 e. The standard InChI is InChI=1S/C29H33BrFN3O4S/c1-29(2,3)32-28(36)26(18-21-10-6-5-7-11-21)33(19-22-14-16-23(30)17-15-22)27(35)20-34(39(4,37)38)25-13-9-8-12-24(25)31/h5-17,26H,18-20H2,1-4H3,(H,32,36). The van der Waals surface area contributed by atoms with Gasteiger partial charge in [0.2, 0.25) is 21.8 Å². The molecule has 208 valence electrons. The molecular formula is C29H33BrFN3O4S. The number of hydrogen-bond donors (Lipinski definition) is 1. The number of nitrogens with one attached hydrogen (secondary N) is 1. The van der Waals surface area contributed by atoms with Gasteiger partial charge in [0.1, 0.15) is 18.4 Å². The van der Waals surface area contributed by atoms with E-state index in [2.05, 4.69) is 21.2 Å². The van der Waals surface area contributed by atoms with Gasteiger partial charge in [-0.3, -0.25) is 13.9 Å². The molecule has 1 unspecified atom stereocenters. The van der Waals surface area contributed by atoms with Gasteiger partial charge in [-0.1, -0.05) is 70.5 Å². The fourth-order valence-electron chi connectivity index (χ4n) is 4.04. The second-order valence-electron chi connectivity index (χ2n) is 10.3. The Kier molecular flexibility index (Phi) is 9.90. The van der Waals surface area contributed by atoms with Crippen LogP contribution in [0.2, 0.25) is 0 Å². The van der Waals surface area contributed by atoms with E-state index >= 15 is 0 Å². The summed E-state index contributed by atoms with van der Waals surface area (Å²) in [5.74, 6) is -1.80. The summed E-state index contributed by atoms with van der Waals surface area (Å²) in [5.41, 5.74) is 0.750. The topological polar surface area (TPSA) is 86.8 Å². The second kappa shape index (κ2) is 12.7. The summed E-state index contributed by atoms with van der Waals surface area (Å²) in [6.07, 6.45) is 1.11. The molecule has 0 aromatic heterocycles. The van der Waals surface area contributed by atoms with Crippen LogP contribution in [0.25, 0.3) is 0 Å². The predicted octanol–water partition coefficient (Wildman–Crippen LogP) is 4.91. The fourth-order valence-corrected chi connectivity index (χ4v) is 5.16. The van der Waals surface area contributed by atoms with Gasteiger partial charge in [0.05, 0.1) is 11.9 Å². The molecule has 0 bridgehead atoms. The van der Waals surface area contributed by atoms with Crippen LogP contribution in [0.15, 0.2) is 83.3 Å². The van der Waals surface area contributed by atoms with E-state index in [-0.39, 0.29) is 24.6 Å². The summed E-state index contributed by atoms with van der Waals surface area (Å²) in [7, 11) is -4.04. The first-order valence-electron chi connectivity index (χ1n) is 12.4. The highest BCUT2D eigenvalue weighted by atomic mass is 79.9. The Morgan fingerprint density at radius 1 is 0.923 bits per heavy atom. The van der Waals surface area contributed by atoms with Gasteiger partial charge >= 0.3 is 0 Å². The number of benzene rings is 3. The van der Waals surface area contributed by atoms with Gasteiger partial charge in [-0.2, -0.15) is 0 Å². The van der Waals surface area contributed by atoms with Crippen LogP contribution < -0.4 is 9.62 Å². The average Bonchev–Trinajstić information content (AvgIpc) is 2.85. The summed E-state index contributed by atoms with van der Waals surface area (Å²) in [6.45, 7) is 4.89. The fraction of sp³-hybridized carbons (Fsp3) is 0.310. The van der Waals surface area contributed by atoms with E-state index in [4.69, 9.17) is 0 Å². The van der Waals surface area contributed by atoms with Crippen molar-refractivity contribution in [2.45, 2.75) is 45.3 Å². The molecule has 0 aliphatic rings. The maximum Gasteiger partial charge on any atom is 0.244 e. The predicted molar refractivity (Wildman–Crippen MR) is 155 cm³/mol. The zero-order valence-electron chi connectivity index (χ0n) is 22.4. The number of nitrogens with zero attached hydrogens (tertiary/aromatic N) is 2. The van der Waals surface area contributed by atoms with Gasteiger partial charge in [0.25, 0.3) is 0 Å². The van der Waals surface area contributed by atoms with Crippen molar-refractivity contribution in [2.24, 2.45) is 0 Å². The molecule has 0 heterocycles. The minimum atomic E-state index is -4.04. The van der Waals surface area contributed by atoms with Gasteiger partial charge in [0, 0.05) is 23.0 Å². The van der Waals surface area contributed by atoms with Crippen molar-refractivity contribution in [3.05, 3.63) is 100 Å². The number of rotatable bonds is 10. The molecule has 1 N–H and O–H groups in total. The van der Waals surface area contributed by atoms with Gasteiger partial charge < -0.3 is 10.2 Å². The first-order valence-corrected chi connectivity index (χ1v) is 15.0. The Morgan fingerprint density at radius 2 is 1.51 bits per heavy atom. The molecule has 0 fully saturated rings. The molecule has 3 aromatic rings. The number of amides is 2. The second-order valence-corrected chi connectivity index (χ2v) is 13.1. The molecule has 0 saturated carbocycles. The lowest BCUT2D eigenvalue weighted by Gasteiger charge is -2.35. The SMILES string of the molecule is CC(C)(C)NC(=O)C(Cc1ccccc1)N(Cc1ccc(Br)cc1)C(=O)CN(c1ccccc1F)S(C)(=O)=O. The number of hydrogen-bond acceptors (Lipinski definition) is 4. The Bertz CT molecular complexity index is 1390. The van der Waals surface area contributed by atoms with E-state index in [1.165, 1.54) is 23.1 Å². The molecule has 0 aliphatic carbocycles. The van der Waals surface area contributed by atoms with Crippen LogP contribution in [-0.4, -0.2) is 49.5 Å². The number of halogens is 2. The third-order valence-corrected chi connectivity index (χ3v) is 7.49. The van der Waals surface area contributed by atoms with Crippen molar-refractivity contribution in [3.63, 3.8) is 0 Å². The summed E-state index contributed by atoms with van der Waals surface area (Å²) in [4.78, 5) is 29.0. The molecule has 3 aromatic carbocycles. The lowest BCUT2D eigenvalue weighted by Crippen LogP contribution is -2.56. The molecular weight excluding hydrogens is 585 g/mol. The zero-order chi connectivity index (χ0) is 28.8. The molecule has 0 aliphatic heterocycles. The van der Waals surface area contributed by atoms with Crippen LogP contribution >= 0.6 is 15.9 Å². The summed E-state index contributed by atoms with van der Waals surface area (Å²) in [6, 6.07) is 20.9.